The Morgan fingerprint density at radius 3 is 2.20 bits per heavy atom. The maximum Gasteiger partial charge on any atom is 0.253 e. The summed E-state index contributed by atoms with van der Waals surface area (Å²) in [4.78, 5) is 12.3. The van der Waals surface area contributed by atoms with Crippen molar-refractivity contribution in [2.24, 2.45) is 0 Å². The number of rotatable bonds is 7. The van der Waals surface area contributed by atoms with Crippen LogP contribution in [0.2, 0.25) is 0 Å². The zero-order chi connectivity index (χ0) is 18.4. The predicted molar refractivity (Wildman–Crippen MR) is 100 cm³/mol. The smallest absolute Gasteiger partial charge is 0.253 e. The summed E-state index contributed by atoms with van der Waals surface area (Å²) in [6.45, 7) is 4.58. The lowest BCUT2D eigenvalue weighted by molar-refractivity contribution is 0.340. The molecule has 2 aromatic rings. The van der Waals surface area contributed by atoms with Gasteiger partial charge in [0.25, 0.3) is 5.56 Å². The second-order valence-corrected chi connectivity index (χ2v) is 5.74. The van der Waals surface area contributed by atoms with E-state index in [9.17, 15) is 4.79 Å². The van der Waals surface area contributed by atoms with E-state index in [1.165, 1.54) is 0 Å². The van der Waals surface area contributed by atoms with Crippen molar-refractivity contribution in [3.63, 3.8) is 0 Å². The number of aromatic nitrogens is 1. The van der Waals surface area contributed by atoms with Crippen LogP contribution in [0, 0.1) is 6.92 Å². The number of aryl methyl sites for hydroxylation is 2. The molecule has 0 aliphatic carbocycles. The van der Waals surface area contributed by atoms with E-state index < -0.39 is 0 Å². The molecule has 1 heterocycles. The molecular formula is C20H25NO4. The van der Waals surface area contributed by atoms with Gasteiger partial charge in [0.05, 0.1) is 33.2 Å². The van der Waals surface area contributed by atoms with Gasteiger partial charge in [-0.15, -0.1) is 0 Å². The van der Waals surface area contributed by atoms with Crippen LogP contribution in [0.3, 0.4) is 0 Å². The van der Waals surface area contributed by atoms with Gasteiger partial charge in [-0.25, -0.2) is 0 Å². The molecule has 0 amide bonds. The number of pyridine rings is 1. The highest BCUT2D eigenvalue weighted by Gasteiger charge is 2.13. The topological polar surface area (TPSA) is 49.7 Å². The zero-order valence-corrected chi connectivity index (χ0v) is 15.5. The van der Waals surface area contributed by atoms with Gasteiger partial charge < -0.3 is 18.8 Å². The lowest BCUT2D eigenvalue weighted by atomic mass is 10.0. The van der Waals surface area contributed by atoms with Crippen molar-refractivity contribution in [3.05, 3.63) is 52.1 Å². The zero-order valence-electron chi connectivity index (χ0n) is 15.5. The van der Waals surface area contributed by atoms with Gasteiger partial charge >= 0.3 is 0 Å². The van der Waals surface area contributed by atoms with E-state index in [4.69, 9.17) is 14.2 Å². The SMILES string of the molecule is CCCn1cc(-c2cc(OC)c(C=COC)c(OC)c2)cc(C)c1=O. The molecule has 0 fully saturated rings. The highest BCUT2D eigenvalue weighted by molar-refractivity contribution is 5.74. The van der Waals surface area contributed by atoms with E-state index in [1.54, 1.807) is 38.2 Å². The molecule has 0 radical (unpaired) electrons. The molecule has 5 heteroatoms. The first kappa shape index (κ1) is 18.6. The molecule has 134 valence electrons. The Balaban J connectivity index is 2.64. The first-order valence-electron chi connectivity index (χ1n) is 8.22. The minimum absolute atomic E-state index is 0.0455. The quantitative estimate of drug-likeness (QED) is 0.716. The van der Waals surface area contributed by atoms with Gasteiger partial charge in [-0.3, -0.25) is 4.79 Å². The van der Waals surface area contributed by atoms with Gasteiger partial charge in [0.1, 0.15) is 11.5 Å². The number of hydrogen-bond acceptors (Lipinski definition) is 4. The molecule has 25 heavy (non-hydrogen) atoms. The van der Waals surface area contributed by atoms with Gasteiger partial charge in [-0.1, -0.05) is 6.92 Å². The largest absolute Gasteiger partial charge is 0.504 e. The number of ether oxygens (including phenoxy) is 3. The van der Waals surface area contributed by atoms with Crippen molar-refractivity contribution < 1.29 is 14.2 Å². The summed E-state index contributed by atoms with van der Waals surface area (Å²) in [6.07, 6.45) is 6.16. The lowest BCUT2D eigenvalue weighted by Gasteiger charge is -2.15. The summed E-state index contributed by atoms with van der Waals surface area (Å²) in [6, 6.07) is 5.77. The Kier molecular flexibility index (Phi) is 6.28. The molecule has 0 N–H and O–H groups in total. The van der Waals surface area contributed by atoms with Crippen molar-refractivity contribution >= 4 is 6.08 Å². The third kappa shape index (κ3) is 4.05. The molecule has 1 aromatic carbocycles. The van der Waals surface area contributed by atoms with E-state index in [2.05, 4.69) is 6.92 Å². The van der Waals surface area contributed by atoms with Gasteiger partial charge in [0.15, 0.2) is 0 Å². The van der Waals surface area contributed by atoms with Crippen LogP contribution < -0.4 is 15.0 Å². The van der Waals surface area contributed by atoms with Crippen LogP contribution in [0.4, 0.5) is 0 Å². The predicted octanol–water partition coefficient (Wildman–Crippen LogP) is 3.87. The first-order chi connectivity index (χ1) is 12.0. The standard InChI is InChI=1S/C20H25NO4/c1-6-8-21-13-16(10-14(2)20(21)22)15-11-18(24-4)17(7-9-23-3)19(12-15)25-5/h7,9-13H,6,8H2,1-5H3. The Morgan fingerprint density at radius 1 is 1.04 bits per heavy atom. The minimum atomic E-state index is 0.0455. The average molecular weight is 343 g/mol. The van der Waals surface area contributed by atoms with Gasteiger partial charge in [0.2, 0.25) is 0 Å². The Morgan fingerprint density at radius 2 is 1.68 bits per heavy atom. The van der Waals surface area contributed by atoms with E-state index in [0.29, 0.717) is 23.6 Å². The van der Waals surface area contributed by atoms with E-state index in [0.717, 1.165) is 23.1 Å². The average Bonchev–Trinajstić information content (AvgIpc) is 2.62. The number of nitrogens with zero attached hydrogens (tertiary/aromatic N) is 1. The van der Waals surface area contributed by atoms with Crippen LogP contribution in [0.1, 0.15) is 24.5 Å². The maximum atomic E-state index is 12.3. The van der Waals surface area contributed by atoms with E-state index >= 15 is 0 Å². The van der Waals surface area contributed by atoms with E-state index in [1.807, 2.05) is 31.3 Å². The van der Waals surface area contributed by atoms with Crippen molar-refractivity contribution in [2.75, 3.05) is 21.3 Å². The van der Waals surface area contributed by atoms with Gasteiger partial charge in [-0.2, -0.15) is 0 Å². The van der Waals surface area contributed by atoms with Gasteiger partial charge in [0, 0.05) is 18.3 Å². The van der Waals surface area contributed by atoms with E-state index in [-0.39, 0.29) is 5.56 Å². The molecule has 0 unspecified atom stereocenters. The molecule has 0 aliphatic heterocycles. The highest BCUT2D eigenvalue weighted by atomic mass is 16.5. The van der Waals surface area contributed by atoms with Gasteiger partial charge in [-0.05, 0) is 48.7 Å². The molecule has 0 bridgehead atoms. The molecule has 5 nitrogen and oxygen atoms in total. The van der Waals surface area contributed by atoms with Crippen molar-refractivity contribution in [1.29, 1.82) is 0 Å². The fraction of sp³-hybridized carbons (Fsp3) is 0.350. The molecule has 0 aliphatic rings. The van der Waals surface area contributed by atoms with Crippen molar-refractivity contribution in [3.8, 4) is 22.6 Å². The Bertz CT molecular complexity index is 796. The Labute approximate surface area is 148 Å². The molecular weight excluding hydrogens is 318 g/mol. The van der Waals surface area contributed by atoms with Crippen LogP contribution in [0.5, 0.6) is 11.5 Å². The van der Waals surface area contributed by atoms with Crippen LogP contribution >= 0.6 is 0 Å². The van der Waals surface area contributed by atoms with Crippen LogP contribution in [-0.4, -0.2) is 25.9 Å². The molecule has 0 atom stereocenters. The Hall–Kier alpha value is -2.69. The molecule has 0 spiro atoms. The molecule has 0 saturated heterocycles. The first-order valence-corrected chi connectivity index (χ1v) is 8.22. The summed E-state index contributed by atoms with van der Waals surface area (Å²) in [5.74, 6) is 1.35. The maximum absolute atomic E-state index is 12.3. The second kappa shape index (κ2) is 8.42. The summed E-state index contributed by atoms with van der Waals surface area (Å²) in [5, 5.41) is 0. The molecule has 2 rings (SSSR count). The van der Waals surface area contributed by atoms with Crippen molar-refractivity contribution in [2.45, 2.75) is 26.8 Å². The van der Waals surface area contributed by atoms with Crippen molar-refractivity contribution in [1.82, 2.24) is 4.57 Å². The number of methoxy groups -OCH3 is 3. The van der Waals surface area contributed by atoms with Crippen LogP contribution in [-0.2, 0) is 11.3 Å². The summed E-state index contributed by atoms with van der Waals surface area (Å²) in [5.41, 5.74) is 3.44. The minimum Gasteiger partial charge on any atom is -0.504 e. The van der Waals surface area contributed by atoms with Crippen LogP contribution in [0.25, 0.3) is 17.2 Å². The highest BCUT2D eigenvalue weighted by Crippen LogP contribution is 2.36. The fourth-order valence-electron chi connectivity index (χ4n) is 2.76. The summed E-state index contributed by atoms with van der Waals surface area (Å²) < 4.78 is 17.8. The third-order valence-corrected chi connectivity index (χ3v) is 3.98. The number of hydrogen-bond donors (Lipinski definition) is 0. The molecule has 1 aromatic heterocycles. The number of benzene rings is 1. The summed E-state index contributed by atoms with van der Waals surface area (Å²) >= 11 is 0. The summed E-state index contributed by atoms with van der Waals surface area (Å²) in [7, 11) is 4.82. The second-order valence-electron chi connectivity index (χ2n) is 5.74. The molecule has 0 saturated carbocycles. The monoisotopic (exact) mass is 343 g/mol. The van der Waals surface area contributed by atoms with Crippen LogP contribution in [0.15, 0.2) is 35.5 Å². The third-order valence-electron chi connectivity index (χ3n) is 3.98. The lowest BCUT2D eigenvalue weighted by Crippen LogP contribution is -2.21. The normalized spacial score (nSPS) is 10.9. The fourth-order valence-corrected chi connectivity index (χ4v) is 2.76.